The Bertz CT molecular complexity index is 6010. The van der Waals surface area contributed by atoms with Gasteiger partial charge in [0.1, 0.15) is 0 Å². The molecule has 0 bridgehead atoms. The molecule has 0 radical (unpaired) electrons. The minimum atomic E-state index is -0.651. The van der Waals surface area contributed by atoms with Crippen molar-refractivity contribution in [2.75, 3.05) is 14.7 Å². The molecule has 13 aromatic carbocycles. The molecule has 0 amide bonds. The van der Waals surface area contributed by atoms with Crippen LogP contribution in [0, 0.1) is 0 Å². The highest BCUT2D eigenvalue weighted by molar-refractivity contribution is 7.00. The summed E-state index contributed by atoms with van der Waals surface area (Å²) in [4.78, 5) is 6.11. The SMILES string of the molecule is [2H]c1c([2H])c([2H])c(-c2ccc3c(c2)N(c2cc(-c4ccccc4)cc(-c4ccccc4)c2)c2cc(C(C)(C)C)cc4c2B3c2ccc(N(c3ccc(-n5c6c([2H])c([2H])c([2H])c([2H])c6c6c([2H])c([2H])c([2H])c([2H])c65)cc3)c3c([2H])c([2H])c([2H])c([2H])c3[2H])cc2N4c2ccc(C(C)(C)C)cc2-c2ccccc2)c([2H])c1[2H]. The quantitative estimate of drug-likeness (QED) is 0.127. The molecule has 0 atom stereocenters. The minimum absolute atomic E-state index is 0.0234. The van der Waals surface area contributed by atoms with Crippen molar-refractivity contribution in [3.63, 3.8) is 0 Å². The van der Waals surface area contributed by atoms with Gasteiger partial charge in [0.2, 0.25) is 0 Å². The summed E-state index contributed by atoms with van der Waals surface area (Å²) in [6, 6.07) is 56.6. The van der Waals surface area contributed by atoms with Crippen molar-refractivity contribution < 1.29 is 24.7 Å². The summed E-state index contributed by atoms with van der Waals surface area (Å²) in [5.74, 6) is 0. The van der Waals surface area contributed by atoms with E-state index in [9.17, 15) is 11.0 Å². The molecule has 0 spiro atoms. The van der Waals surface area contributed by atoms with Crippen LogP contribution >= 0.6 is 0 Å². The second-order valence-corrected chi connectivity index (χ2v) is 25.3. The van der Waals surface area contributed by atoms with Gasteiger partial charge in [0.05, 0.1) is 41.4 Å². The molecule has 91 heavy (non-hydrogen) atoms. The van der Waals surface area contributed by atoms with Crippen LogP contribution in [0.3, 0.4) is 0 Å². The highest BCUT2D eigenvalue weighted by Gasteiger charge is 2.45. The lowest BCUT2D eigenvalue weighted by Gasteiger charge is -2.46. The Kier molecular flexibility index (Phi) is 9.48. The van der Waals surface area contributed by atoms with Crippen molar-refractivity contribution in [1.82, 2.24) is 4.57 Å². The number of rotatable bonds is 10. The van der Waals surface area contributed by atoms with E-state index in [-0.39, 0.29) is 61.9 Å². The van der Waals surface area contributed by atoms with E-state index < -0.39 is 109 Å². The first-order valence-electron chi connectivity index (χ1n) is 39.5. The summed E-state index contributed by atoms with van der Waals surface area (Å²) in [5, 5.41) is -0.221. The van der Waals surface area contributed by atoms with Crippen LogP contribution in [-0.2, 0) is 10.8 Å². The smallest absolute Gasteiger partial charge is 0.252 e. The fraction of sp³-hybridized carbons (Fsp3) is 0.0930. The van der Waals surface area contributed by atoms with Crippen molar-refractivity contribution in [2.24, 2.45) is 0 Å². The predicted molar refractivity (Wildman–Crippen MR) is 389 cm³/mol. The first-order valence-corrected chi connectivity index (χ1v) is 30.5. The van der Waals surface area contributed by atoms with Gasteiger partial charge in [0, 0.05) is 67.5 Å². The number of benzene rings is 13. The highest BCUT2D eigenvalue weighted by atomic mass is 15.2. The third-order valence-corrected chi connectivity index (χ3v) is 17.7. The first-order chi connectivity index (χ1) is 51.9. The fourth-order valence-electron chi connectivity index (χ4n) is 13.2. The summed E-state index contributed by atoms with van der Waals surface area (Å²) >= 11 is 0. The van der Waals surface area contributed by atoms with E-state index in [4.69, 9.17) is 13.7 Å². The Morgan fingerprint density at radius 2 is 0.846 bits per heavy atom. The molecule has 2 aliphatic rings. The van der Waals surface area contributed by atoms with Crippen LogP contribution in [0.2, 0.25) is 0 Å². The Hall–Kier alpha value is -10.9. The van der Waals surface area contributed by atoms with E-state index in [0.717, 1.165) is 83.6 Å². The monoisotopic (exact) mass is 1190 g/mol. The number of nitrogens with zero attached hydrogens (tertiary/aromatic N) is 4. The lowest BCUT2D eigenvalue weighted by atomic mass is 9.33. The van der Waals surface area contributed by atoms with E-state index in [2.05, 4.69) is 136 Å². The average Bonchev–Trinajstić information content (AvgIpc) is 1.56. The summed E-state index contributed by atoms with van der Waals surface area (Å²) in [5.41, 5.74) is 14.3. The maximum absolute atomic E-state index is 9.80. The van der Waals surface area contributed by atoms with E-state index in [1.54, 1.807) is 29.2 Å². The molecule has 0 unspecified atom stereocenters. The molecular weight excluding hydrogens is 1100 g/mol. The second kappa shape index (κ2) is 22.0. The van der Waals surface area contributed by atoms with Crippen LogP contribution < -0.4 is 31.1 Å². The maximum atomic E-state index is 9.80. The van der Waals surface area contributed by atoms with Crippen LogP contribution in [0.15, 0.2) is 309 Å². The summed E-state index contributed by atoms with van der Waals surface area (Å²) in [6.45, 7) is 12.3. The van der Waals surface area contributed by atoms with Crippen LogP contribution in [0.4, 0.5) is 51.2 Å². The molecule has 0 N–H and O–H groups in total. The van der Waals surface area contributed by atoms with Crippen molar-refractivity contribution >= 4 is 96.1 Å². The molecule has 5 heteroatoms. The highest BCUT2D eigenvalue weighted by Crippen LogP contribution is 2.51. The van der Waals surface area contributed by atoms with Gasteiger partial charge >= 0.3 is 0 Å². The van der Waals surface area contributed by atoms with Crippen molar-refractivity contribution in [2.45, 2.75) is 52.4 Å². The predicted octanol–water partition coefficient (Wildman–Crippen LogP) is 21.6. The van der Waals surface area contributed by atoms with Gasteiger partial charge in [0.15, 0.2) is 0 Å². The molecule has 3 heterocycles. The third kappa shape index (κ3) is 9.71. The molecule has 2 aliphatic heterocycles. The van der Waals surface area contributed by atoms with Gasteiger partial charge in [-0.3, -0.25) is 0 Å². The minimum Gasteiger partial charge on any atom is -0.311 e. The largest absolute Gasteiger partial charge is 0.311 e. The van der Waals surface area contributed by atoms with Crippen molar-refractivity contribution in [1.29, 1.82) is 0 Å². The van der Waals surface area contributed by atoms with Crippen LogP contribution in [0.25, 0.3) is 72.0 Å². The number of anilines is 9. The van der Waals surface area contributed by atoms with Crippen molar-refractivity contribution in [3.05, 3.63) is 320 Å². The van der Waals surface area contributed by atoms with Gasteiger partial charge in [-0.05, 0) is 186 Å². The zero-order chi connectivity index (χ0) is 77.2. The average molecular weight is 1190 g/mol. The lowest BCUT2D eigenvalue weighted by Crippen LogP contribution is -2.61. The number of para-hydroxylation sites is 3. The lowest BCUT2D eigenvalue weighted by molar-refractivity contribution is 0.590. The normalized spacial score (nSPS) is 15.4. The third-order valence-electron chi connectivity index (χ3n) is 17.7. The summed E-state index contributed by atoms with van der Waals surface area (Å²) < 4.78 is 166. The van der Waals surface area contributed by atoms with Crippen LogP contribution in [0.5, 0.6) is 0 Å². The first kappa shape index (κ1) is 39.2. The number of fused-ring (bicyclic) bond motifs is 7. The number of hydrogen-bond donors (Lipinski definition) is 0. The van der Waals surface area contributed by atoms with E-state index in [0.29, 0.717) is 22.6 Å². The Labute approximate surface area is 560 Å². The molecule has 4 nitrogen and oxygen atoms in total. The van der Waals surface area contributed by atoms with Gasteiger partial charge in [-0.1, -0.05) is 241 Å². The Balaban J connectivity index is 1.02. The fourth-order valence-corrected chi connectivity index (χ4v) is 13.2. The molecule has 1 aromatic heterocycles. The Morgan fingerprint density at radius 1 is 0.330 bits per heavy atom. The molecular formula is C86H69BN4. The molecule has 0 fully saturated rings. The van der Waals surface area contributed by atoms with E-state index in [1.165, 1.54) is 4.57 Å². The number of aromatic nitrogens is 1. The molecule has 14 aromatic rings. The molecule has 0 saturated heterocycles. The maximum Gasteiger partial charge on any atom is 0.252 e. The summed E-state index contributed by atoms with van der Waals surface area (Å²) in [7, 11) is 0. The van der Waals surface area contributed by atoms with Gasteiger partial charge < -0.3 is 19.3 Å². The van der Waals surface area contributed by atoms with Crippen LogP contribution in [-0.4, -0.2) is 11.3 Å². The zero-order valence-corrected chi connectivity index (χ0v) is 50.9. The van der Waals surface area contributed by atoms with Crippen molar-refractivity contribution in [3.8, 4) is 50.2 Å². The number of hydrogen-bond acceptors (Lipinski definition) is 3. The molecule has 0 aliphatic carbocycles. The summed E-state index contributed by atoms with van der Waals surface area (Å²) in [6.07, 6.45) is 0. The van der Waals surface area contributed by atoms with E-state index >= 15 is 0 Å². The van der Waals surface area contributed by atoms with Gasteiger partial charge in [-0.2, -0.15) is 0 Å². The van der Waals surface area contributed by atoms with Gasteiger partial charge in [0.25, 0.3) is 6.71 Å². The molecule has 436 valence electrons. The van der Waals surface area contributed by atoms with Gasteiger partial charge in [-0.15, -0.1) is 0 Å². The van der Waals surface area contributed by atoms with E-state index in [1.807, 2.05) is 91.0 Å². The zero-order valence-electron chi connectivity index (χ0n) is 68.9. The molecule has 16 rings (SSSR count). The van der Waals surface area contributed by atoms with Crippen LogP contribution in [0.1, 0.15) is 77.3 Å². The van der Waals surface area contributed by atoms with Gasteiger partial charge in [-0.25, -0.2) is 0 Å². The Morgan fingerprint density at radius 3 is 1.44 bits per heavy atom. The second-order valence-electron chi connectivity index (χ2n) is 25.3. The standard InChI is InChI=1S/C86H69BN4/c1-85(2,3)65-41-49-79(74(54-65)61-32-18-10-19-33-61)91-81-57-70(88(67-34-20-11-21-35-67)68-42-44-69(45-43-68)89-77-38-24-22-36-72(77)73-37-23-25-39-78(73)89)46-48-76(81)87-75-47-40-62(58-26-12-7-13-27-58)53-80(75)90(82-55-66(86(4,5)6)56-83(91)84(82)87)71-51-63(59-28-14-8-15-29-59)50-64(52-71)60-30-16-9-17-31-60/h7-57H,1-6H3/i7D,11D,12D,13D,20D,21D,22D,23D,24D,25D,26D,27D,34D,35D,36D,37D,38D,39D. The molecule has 0 saturated carbocycles. The topological polar surface area (TPSA) is 14.7 Å².